The van der Waals surface area contributed by atoms with E-state index in [1.807, 2.05) is 20.1 Å². The van der Waals surface area contributed by atoms with E-state index in [0.29, 0.717) is 11.8 Å². The number of anilines is 1. The summed E-state index contributed by atoms with van der Waals surface area (Å²) in [5, 5.41) is 3.93. The highest BCUT2D eigenvalue weighted by atomic mass is 32.2. The van der Waals surface area contributed by atoms with Gasteiger partial charge in [0, 0.05) is 23.9 Å². The van der Waals surface area contributed by atoms with Crippen LogP contribution in [0.25, 0.3) is 6.08 Å². The van der Waals surface area contributed by atoms with E-state index in [9.17, 15) is 4.79 Å². The van der Waals surface area contributed by atoms with Crippen molar-refractivity contribution in [2.75, 3.05) is 18.2 Å². The Balaban J connectivity index is 2.95. The van der Waals surface area contributed by atoms with Crippen molar-refractivity contribution in [1.29, 1.82) is 0 Å². The van der Waals surface area contributed by atoms with Crippen LogP contribution in [0.4, 0.5) is 5.82 Å². The van der Waals surface area contributed by atoms with Crippen LogP contribution in [0.3, 0.4) is 0 Å². The van der Waals surface area contributed by atoms with Gasteiger partial charge in [-0.2, -0.15) is 0 Å². The Morgan fingerprint density at radius 3 is 2.89 bits per heavy atom. The minimum absolute atomic E-state index is 0.249. The third-order valence-electron chi connectivity index (χ3n) is 2.09. The van der Waals surface area contributed by atoms with Gasteiger partial charge in [0.05, 0.1) is 6.61 Å². The summed E-state index contributed by atoms with van der Waals surface area (Å²) in [4.78, 5) is 19.9. The molecule has 0 amide bonds. The van der Waals surface area contributed by atoms with Gasteiger partial charge < -0.3 is 10.1 Å². The molecule has 0 atom stereocenters. The van der Waals surface area contributed by atoms with Crippen molar-refractivity contribution in [3.8, 4) is 0 Å². The molecule has 0 aliphatic heterocycles. The predicted molar refractivity (Wildman–Crippen MR) is 78.2 cm³/mol. The van der Waals surface area contributed by atoms with E-state index >= 15 is 0 Å². The average molecular weight is 281 g/mol. The number of rotatable bonds is 6. The minimum atomic E-state index is -0.369. The number of esters is 1. The summed E-state index contributed by atoms with van der Waals surface area (Å²) >= 11 is 1.47. The van der Waals surface area contributed by atoms with Crippen molar-refractivity contribution in [3.05, 3.63) is 17.8 Å². The number of aromatic nitrogens is 2. The van der Waals surface area contributed by atoms with Crippen LogP contribution < -0.4 is 5.32 Å². The molecule has 1 aromatic heterocycles. The molecule has 0 unspecified atom stereocenters. The van der Waals surface area contributed by atoms with Crippen LogP contribution in [0.5, 0.6) is 0 Å². The maximum atomic E-state index is 11.3. The first-order valence-electron chi connectivity index (χ1n) is 6.09. The van der Waals surface area contributed by atoms with E-state index in [2.05, 4.69) is 15.3 Å². The van der Waals surface area contributed by atoms with Crippen LogP contribution in [0.15, 0.2) is 17.4 Å². The van der Waals surface area contributed by atoms with Crippen LogP contribution in [0.2, 0.25) is 0 Å². The fourth-order valence-electron chi connectivity index (χ4n) is 1.33. The van der Waals surface area contributed by atoms with Gasteiger partial charge in [-0.1, -0.05) is 11.8 Å². The highest BCUT2D eigenvalue weighted by Gasteiger charge is 2.06. The zero-order valence-corrected chi connectivity index (χ0v) is 12.5. The summed E-state index contributed by atoms with van der Waals surface area (Å²) < 4.78 is 4.84. The van der Waals surface area contributed by atoms with Crippen LogP contribution in [0.1, 0.15) is 26.3 Å². The molecule has 1 rings (SSSR count). The second kappa shape index (κ2) is 7.78. The molecule has 0 aliphatic carbocycles. The van der Waals surface area contributed by atoms with Crippen molar-refractivity contribution >= 4 is 29.6 Å². The maximum Gasteiger partial charge on any atom is 0.330 e. The lowest BCUT2D eigenvalue weighted by Crippen LogP contribution is -2.13. The second-order valence-corrected chi connectivity index (χ2v) is 4.82. The number of hydrogen-bond acceptors (Lipinski definition) is 6. The molecule has 0 fully saturated rings. The third-order valence-corrected chi connectivity index (χ3v) is 2.65. The Morgan fingerprint density at radius 1 is 1.58 bits per heavy atom. The highest BCUT2D eigenvalue weighted by Crippen LogP contribution is 2.18. The molecule has 6 heteroatoms. The van der Waals surface area contributed by atoms with Gasteiger partial charge in [-0.3, -0.25) is 0 Å². The molecule has 1 heterocycles. The monoisotopic (exact) mass is 281 g/mol. The normalized spacial score (nSPS) is 11.0. The Hall–Kier alpha value is -1.56. The van der Waals surface area contributed by atoms with Crippen LogP contribution in [0, 0.1) is 0 Å². The van der Waals surface area contributed by atoms with Crippen molar-refractivity contribution < 1.29 is 9.53 Å². The summed E-state index contributed by atoms with van der Waals surface area (Å²) in [6.45, 7) is 6.19. The molecule has 0 saturated heterocycles. The van der Waals surface area contributed by atoms with Gasteiger partial charge >= 0.3 is 5.97 Å². The van der Waals surface area contributed by atoms with Gasteiger partial charge in [0.25, 0.3) is 0 Å². The number of hydrogen-bond donors (Lipinski definition) is 1. The van der Waals surface area contributed by atoms with Crippen LogP contribution in [-0.4, -0.2) is 34.8 Å². The zero-order valence-electron chi connectivity index (χ0n) is 11.6. The summed E-state index contributed by atoms with van der Waals surface area (Å²) in [7, 11) is 0. The van der Waals surface area contributed by atoms with Crippen LogP contribution >= 0.6 is 11.8 Å². The lowest BCUT2D eigenvalue weighted by atomic mass is 10.2. The molecule has 104 valence electrons. The van der Waals surface area contributed by atoms with E-state index in [1.165, 1.54) is 17.8 Å². The van der Waals surface area contributed by atoms with Gasteiger partial charge in [0.1, 0.15) is 5.82 Å². The molecule has 0 aliphatic rings. The molecule has 0 saturated carbocycles. The highest BCUT2D eigenvalue weighted by molar-refractivity contribution is 7.98. The molecule has 0 bridgehead atoms. The van der Waals surface area contributed by atoms with Gasteiger partial charge in [-0.25, -0.2) is 14.8 Å². The average Bonchev–Trinajstić information content (AvgIpc) is 2.36. The fourth-order valence-corrected chi connectivity index (χ4v) is 1.67. The number of nitrogens with zero attached hydrogens (tertiary/aromatic N) is 2. The largest absolute Gasteiger partial charge is 0.463 e. The second-order valence-electron chi connectivity index (χ2n) is 4.05. The Bertz CT molecular complexity index is 461. The summed E-state index contributed by atoms with van der Waals surface area (Å²) in [6.07, 6.45) is 6.65. The fraction of sp³-hybridized carbons (Fsp3) is 0.462. The van der Waals surface area contributed by atoms with Crippen molar-refractivity contribution in [2.24, 2.45) is 0 Å². The lowest BCUT2D eigenvalue weighted by Gasteiger charge is -2.12. The standard InChI is InChI=1S/C13H19N3O2S/c1-5-18-11(17)7-6-10-8-14-13(19-4)16-12(10)15-9(2)3/h6-9H,5H2,1-4H3,(H,14,15,16)/b7-6+. The van der Waals surface area contributed by atoms with E-state index in [1.54, 1.807) is 19.2 Å². The number of thioether (sulfide) groups is 1. The van der Waals surface area contributed by atoms with Crippen molar-refractivity contribution in [2.45, 2.75) is 32.0 Å². The zero-order chi connectivity index (χ0) is 14.3. The molecule has 0 spiro atoms. The number of carbonyl (C=O) groups is 1. The first-order valence-corrected chi connectivity index (χ1v) is 7.31. The van der Waals surface area contributed by atoms with E-state index in [-0.39, 0.29) is 12.0 Å². The summed E-state index contributed by atoms with van der Waals surface area (Å²) in [6, 6.07) is 0.249. The van der Waals surface area contributed by atoms with Gasteiger partial charge in [0.15, 0.2) is 5.16 Å². The Morgan fingerprint density at radius 2 is 2.32 bits per heavy atom. The summed E-state index contributed by atoms with van der Waals surface area (Å²) in [5.41, 5.74) is 0.763. The molecule has 0 radical (unpaired) electrons. The Labute approximate surface area is 117 Å². The van der Waals surface area contributed by atoms with Crippen LogP contribution in [-0.2, 0) is 9.53 Å². The molecular weight excluding hydrogens is 262 g/mol. The van der Waals surface area contributed by atoms with Crippen molar-refractivity contribution in [3.63, 3.8) is 0 Å². The first kappa shape index (κ1) is 15.5. The van der Waals surface area contributed by atoms with Gasteiger partial charge in [-0.05, 0) is 33.1 Å². The predicted octanol–water partition coefficient (Wildman–Crippen LogP) is 2.60. The quantitative estimate of drug-likeness (QED) is 0.374. The molecule has 1 aromatic rings. The van der Waals surface area contributed by atoms with Gasteiger partial charge in [-0.15, -0.1) is 0 Å². The number of ether oxygens (including phenoxy) is 1. The van der Waals surface area contributed by atoms with Gasteiger partial charge in [0.2, 0.25) is 0 Å². The van der Waals surface area contributed by atoms with E-state index in [4.69, 9.17) is 4.74 Å². The first-order chi connectivity index (χ1) is 9.06. The topological polar surface area (TPSA) is 64.1 Å². The van der Waals surface area contributed by atoms with E-state index in [0.717, 1.165) is 11.4 Å². The third kappa shape index (κ3) is 5.30. The number of nitrogens with one attached hydrogen (secondary N) is 1. The smallest absolute Gasteiger partial charge is 0.330 e. The molecule has 1 N–H and O–H groups in total. The maximum absolute atomic E-state index is 11.3. The molecule has 0 aromatic carbocycles. The minimum Gasteiger partial charge on any atom is -0.463 e. The SMILES string of the molecule is CCOC(=O)/C=C/c1cnc(SC)nc1NC(C)C. The lowest BCUT2D eigenvalue weighted by molar-refractivity contribution is -0.137. The van der Waals surface area contributed by atoms with Crippen molar-refractivity contribution in [1.82, 2.24) is 9.97 Å². The summed E-state index contributed by atoms with van der Waals surface area (Å²) in [5.74, 6) is 0.349. The molecular formula is C13H19N3O2S. The number of carbonyl (C=O) groups excluding carboxylic acids is 1. The van der Waals surface area contributed by atoms with E-state index < -0.39 is 0 Å². The molecule has 19 heavy (non-hydrogen) atoms. The molecule has 5 nitrogen and oxygen atoms in total. The Kier molecular flexibility index (Phi) is 6.35.